The van der Waals surface area contributed by atoms with Crippen LogP contribution in [0.2, 0.25) is 13.3 Å². The summed E-state index contributed by atoms with van der Waals surface area (Å²) in [5, 5.41) is 10.8. The normalized spacial score (nSPS) is 14.8. The first-order valence-electron chi connectivity index (χ1n) is 11.9. The average Bonchev–Trinajstić information content (AvgIpc) is 2.73. The predicted octanol–water partition coefficient (Wildman–Crippen LogP) is 4.08. The number of aliphatic hydroxyl groups excluding tert-OH is 1. The second-order valence-electron chi connectivity index (χ2n) is 9.04. The maximum atomic E-state index is 12.9. The molecule has 0 fully saturated rings. The predicted molar refractivity (Wildman–Crippen MR) is 127 cm³/mol. The van der Waals surface area contributed by atoms with Crippen molar-refractivity contribution in [2.45, 2.75) is 102 Å². The number of hydrogen-bond donors (Lipinski definition) is 1. The Morgan fingerprint density at radius 1 is 0.800 bits per heavy atom. The minimum absolute atomic E-state index is 0.0301. The summed E-state index contributed by atoms with van der Waals surface area (Å²) in [7, 11) is 6.48. The van der Waals surface area contributed by atoms with Crippen LogP contribution in [-0.4, -0.2) is 89.6 Å². The van der Waals surface area contributed by atoms with Gasteiger partial charge in [0.2, 0.25) is 0 Å². The van der Waals surface area contributed by atoms with Crippen molar-refractivity contribution < 1.29 is 19.4 Å². The molecule has 178 valence electrons. The van der Waals surface area contributed by atoms with E-state index in [1.54, 1.807) is 28.2 Å². The van der Waals surface area contributed by atoms with Crippen molar-refractivity contribution in [3.05, 3.63) is 0 Å². The third-order valence-electron chi connectivity index (χ3n) is 6.11. The molecule has 0 aromatic heterocycles. The van der Waals surface area contributed by atoms with Gasteiger partial charge >= 0.3 is 190 Å². The molecular weight excluding hydrogens is 487 g/mol. The van der Waals surface area contributed by atoms with Crippen molar-refractivity contribution in [3.8, 4) is 0 Å². The van der Waals surface area contributed by atoms with Crippen LogP contribution >= 0.6 is 0 Å². The minimum atomic E-state index is -2.80. The van der Waals surface area contributed by atoms with Gasteiger partial charge in [0.15, 0.2) is 0 Å². The zero-order chi connectivity index (χ0) is 23.3. The topological polar surface area (TPSA) is 70.1 Å². The van der Waals surface area contributed by atoms with E-state index in [9.17, 15) is 14.7 Å². The van der Waals surface area contributed by atoms with E-state index in [1.165, 1.54) is 42.4 Å². The van der Waals surface area contributed by atoms with Crippen molar-refractivity contribution in [2.24, 2.45) is 0 Å². The van der Waals surface area contributed by atoms with Crippen molar-refractivity contribution >= 4 is 30.2 Å². The Morgan fingerprint density at radius 3 is 1.50 bits per heavy atom. The Labute approximate surface area is 189 Å². The molecule has 1 N–H and O–H groups in total. The van der Waals surface area contributed by atoms with Crippen LogP contribution in [0, 0.1) is 0 Å². The van der Waals surface area contributed by atoms with Gasteiger partial charge in [0.05, 0.1) is 0 Å². The number of unbranched alkanes of at least 4 members (excludes halogenated alkanes) is 3. The Hall–Kier alpha value is -0.341. The second-order valence-corrected chi connectivity index (χ2v) is 22.9. The van der Waals surface area contributed by atoms with Gasteiger partial charge < -0.3 is 0 Å². The summed E-state index contributed by atoms with van der Waals surface area (Å²) in [6, 6.07) is 0. The van der Waals surface area contributed by atoms with Crippen LogP contribution in [0.4, 0.5) is 0 Å². The summed E-state index contributed by atoms with van der Waals surface area (Å²) < 4.78 is 10.3. The molecule has 0 heterocycles. The molecule has 3 atom stereocenters. The number of aliphatic hydroxyl groups is 1. The van der Waals surface area contributed by atoms with E-state index < -0.39 is 36.5 Å². The molecule has 0 spiro atoms. The molecule has 2 amide bonds. The van der Waals surface area contributed by atoms with Gasteiger partial charge in [-0.25, -0.2) is 0 Å². The standard InChI is InChI=1S/C11H21N2O4.3C4H9.Sn/c1-6-7-17-9(11(16)13(4)5)8(14)10(15)12(2)3;3*1-3-4-2;/h7-9,14H,6H2,1-5H3;3*1,3-4H2,2H3;/t8-,9-;;;;/m0..../s1. The maximum absolute atomic E-state index is 12.9. The first-order valence-corrected chi connectivity index (χ1v) is 19.6. The van der Waals surface area contributed by atoms with Crippen LogP contribution < -0.4 is 0 Å². The first-order chi connectivity index (χ1) is 14.1. The monoisotopic (exact) mass is 536 g/mol. The molecule has 0 aromatic rings. The number of amides is 2. The molecule has 0 radical (unpaired) electrons. The van der Waals surface area contributed by atoms with E-state index in [0.29, 0.717) is 0 Å². The Morgan fingerprint density at radius 2 is 1.20 bits per heavy atom. The van der Waals surface area contributed by atoms with Crippen LogP contribution in [0.5, 0.6) is 0 Å². The molecule has 0 aliphatic heterocycles. The SMILES string of the molecule is CCC[CH2][Sn]([CH2]CCC)([CH2]CCC)[C@@H](CC)O[C@H](C(=O)N(C)C)[C@H](O)C(=O)N(C)C. The number of likely N-dealkylation sites (N-methyl/N-ethyl adjacent to an activating group) is 2. The molecule has 0 rings (SSSR count). The van der Waals surface area contributed by atoms with Gasteiger partial charge in [0.25, 0.3) is 0 Å². The fourth-order valence-electron chi connectivity index (χ4n) is 4.21. The van der Waals surface area contributed by atoms with Crippen LogP contribution in [0.3, 0.4) is 0 Å². The molecule has 30 heavy (non-hydrogen) atoms. The summed E-state index contributed by atoms with van der Waals surface area (Å²) >= 11 is -2.80. The van der Waals surface area contributed by atoms with Crippen LogP contribution in [0.25, 0.3) is 0 Å². The van der Waals surface area contributed by atoms with Gasteiger partial charge in [0.1, 0.15) is 0 Å². The molecule has 0 saturated heterocycles. The van der Waals surface area contributed by atoms with E-state index in [0.717, 1.165) is 25.7 Å². The summed E-state index contributed by atoms with van der Waals surface area (Å²) in [6.07, 6.45) is 5.32. The van der Waals surface area contributed by atoms with Gasteiger partial charge in [-0.2, -0.15) is 0 Å². The molecule has 6 nitrogen and oxygen atoms in total. The van der Waals surface area contributed by atoms with Crippen molar-refractivity contribution in [1.29, 1.82) is 0 Å². The zero-order valence-corrected chi connectivity index (χ0v) is 23.7. The first kappa shape index (κ1) is 29.7. The number of rotatable bonds is 16. The summed E-state index contributed by atoms with van der Waals surface area (Å²) in [5.41, 5.74) is 0. The van der Waals surface area contributed by atoms with E-state index in [2.05, 4.69) is 27.7 Å². The third kappa shape index (κ3) is 9.03. The number of nitrogens with zero attached hydrogens (tertiary/aromatic N) is 2. The summed E-state index contributed by atoms with van der Waals surface area (Å²) in [5.74, 6) is -0.820. The van der Waals surface area contributed by atoms with Gasteiger partial charge in [0, 0.05) is 0 Å². The average molecular weight is 535 g/mol. The van der Waals surface area contributed by atoms with Crippen LogP contribution in [-0.2, 0) is 14.3 Å². The number of ether oxygens (including phenoxy) is 1. The Bertz CT molecular complexity index is 478. The van der Waals surface area contributed by atoms with Gasteiger partial charge in [-0.1, -0.05) is 0 Å². The fourth-order valence-corrected chi connectivity index (χ4v) is 21.9. The van der Waals surface area contributed by atoms with E-state index in [4.69, 9.17) is 4.74 Å². The molecule has 0 saturated carbocycles. The quantitative estimate of drug-likeness (QED) is 0.303. The van der Waals surface area contributed by atoms with Crippen molar-refractivity contribution in [2.75, 3.05) is 28.2 Å². The fraction of sp³-hybridized carbons (Fsp3) is 0.913. The van der Waals surface area contributed by atoms with Gasteiger partial charge in [-0.05, 0) is 0 Å². The van der Waals surface area contributed by atoms with E-state index in [-0.39, 0.29) is 10.0 Å². The Balaban J connectivity index is 6.04. The van der Waals surface area contributed by atoms with Crippen LogP contribution in [0.1, 0.15) is 72.6 Å². The molecular formula is C23H48N2O4Sn. The number of carbonyl (C=O) groups excluding carboxylic acids is 2. The third-order valence-corrected chi connectivity index (χ3v) is 23.1. The Kier molecular flexibility index (Phi) is 15.3. The van der Waals surface area contributed by atoms with E-state index in [1.807, 2.05) is 0 Å². The van der Waals surface area contributed by atoms with Crippen molar-refractivity contribution in [3.63, 3.8) is 0 Å². The molecule has 0 aliphatic rings. The molecule has 7 heteroatoms. The van der Waals surface area contributed by atoms with Gasteiger partial charge in [-0.3, -0.25) is 0 Å². The van der Waals surface area contributed by atoms with Gasteiger partial charge in [-0.15, -0.1) is 0 Å². The zero-order valence-electron chi connectivity index (χ0n) is 20.9. The van der Waals surface area contributed by atoms with Crippen molar-refractivity contribution in [1.82, 2.24) is 9.80 Å². The number of hydrogen-bond acceptors (Lipinski definition) is 4. The van der Waals surface area contributed by atoms with E-state index >= 15 is 0 Å². The summed E-state index contributed by atoms with van der Waals surface area (Å²) in [4.78, 5) is 28.2. The molecule has 0 aliphatic carbocycles. The second kappa shape index (κ2) is 15.5. The number of carbonyl (C=O) groups is 2. The summed E-state index contributed by atoms with van der Waals surface area (Å²) in [6.45, 7) is 8.83. The molecule has 0 bridgehead atoms. The molecule has 0 aromatic carbocycles. The molecule has 0 unspecified atom stereocenters. The van der Waals surface area contributed by atoms with Crippen LogP contribution in [0.15, 0.2) is 0 Å².